The average molecular weight is 266 g/mol. The lowest BCUT2D eigenvalue weighted by molar-refractivity contribution is 0.0686. The molecule has 18 heavy (non-hydrogen) atoms. The number of hydrogen-bond acceptors (Lipinski definition) is 2. The second-order valence-electron chi connectivity index (χ2n) is 3.87. The van der Waals surface area contributed by atoms with E-state index in [2.05, 4.69) is 0 Å². The number of methoxy groups -OCH3 is 1. The van der Waals surface area contributed by atoms with E-state index in [0.717, 1.165) is 11.1 Å². The lowest BCUT2D eigenvalue weighted by atomic mass is 10.1. The molecular formula is C13H12ClNO3. The Bertz CT molecular complexity index is 604. The minimum atomic E-state index is -0.961. The summed E-state index contributed by atoms with van der Waals surface area (Å²) >= 11 is 5.89. The molecule has 0 bridgehead atoms. The molecule has 94 valence electrons. The molecule has 0 amide bonds. The van der Waals surface area contributed by atoms with Gasteiger partial charge in [0.05, 0.1) is 7.11 Å². The van der Waals surface area contributed by atoms with Crippen LogP contribution in [0.3, 0.4) is 0 Å². The van der Waals surface area contributed by atoms with Gasteiger partial charge in [-0.25, -0.2) is 4.79 Å². The van der Waals surface area contributed by atoms with Gasteiger partial charge in [0.15, 0.2) is 0 Å². The van der Waals surface area contributed by atoms with Crippen LogP contribution in [0.1, 0.15) is 10.5 Å². The van der Waals surface area contributed by atoms with Crippen LogP contribution in [0.15, 0.2) is 30.5 Å². The summed E-state index contributed by atoms with van der Waals surface area (Å²) in [4.78, 5) is 11.0. The summed E-state index contributed by atoms with van der Waals surface area (Å²) in [6, 6.07) is 6.85. The van der Waals surface area contributed by atoms with Crippen molar-refractivity contribution >= 4 is 17.6 Å². The van der Waals surface area contributed by atoms with Crippen molar-refractivity contribution < 1.29 is 14.6 Å². The molecule has 0 fully saturated rings. The first-order valence-corrected chi connectivity index (χ1v) is 5.64. The van der Waals surface area contributed by atoms with Gasteiger partial charge in [0.25, 0.3) is 0 Å². The summed E-state index contributed by atoms with van der Waals surface area (Å²) in [6.07, 6.45) is 1.75. The molecule has 1 N–H and O–H groups in total. The van der Waals surface area contributed by atoms with Crippen molar-refractivity contribution in [2.24, 2.45) is 7.05 Å². The number of rotatable bonds is 3. The molecule has 0 saturated carbocycles. The molecule has 2 rings (SSSR count). The van der Waals surface area contributed by atoms with Gasteiger partial charge >= 0.3 is 5.97 Å². The minimum Gasteiger partial charge on any atom is -0.496 e. The van der Waals surface area contributed by atoms with Crippen LogP contribution >= 0.6 is 11.6 Å². The molecule has 0 radical (unpaired) electrons. The highest BCUT2D eigenvalue weighted by Crippen LogP contribution is 2.33. The SMILES string of the molecule is COc1cc(Cl)ccc1-c1cc(C(=O)O)n(C)c1. The monoisotopic (exact) mass is 265 g/mol. The summed E-state index contributed by atoms with van der Waals surface area (Å²) < 4.78 is 6.81. The van der Waals surface area contributed by atoms with Gasteiger partial charge in [-0.3, -0.25) is 0 Å². The fourth-order valence-corrected chi connectivity index (χ4v) is 1.99. The Hall–Kier alpha value is -1.94. The van der Waals surface area contributed by atoms with Gasteiger partial charge in [-0.2, -0.15) is 0 Å². The number of hydrogen-bond donors (Lipinski definition) is 1. The van der Waals surface area contributed by atoms with Gasteiger partial charge in [0.1, 0.15) is 11.4 Å². The zero-order chi connectivity index (χ0) is 13.3. The summed E-state index contributed by atoms with van der Waals surface area (Å²) in [5.41, 5.74) is 1.82. The lowest BCUT2D eigenvalue weighted by Gasteiger charge is -2.06. The number of aromatic nitrogens is 1. The fourth-order valence-electron chi connectivity index (χ4n) is 1.83. The van der Waals surface area contributed by atoms with Crippen molar-refractivity contribution in [3.8, 4) is 16.9 Å². The van der Waals surface area contributed by atoms with Gasteiger partial charge in [0, 0.05) is 29.4 Å². The Kier molecular flexibility index (Phi) is 3.30. The molecule has 0 aliphatic carbocycles. The van der Waals surface area contributed by atoms with Crippen molar-refractivity contribution in [3.05, 3.63) is 41.2 Å². The van der Waals surface area contributed by atoms with E-state index in [-0.39, 0.29) is 5.69 Å². The molecule has 1 heterocycles. The van der Waals surface area contributed by atoms with E-state index in [1.165, 1.54) is 0 Å². The molecule has 0 unspecified atom stereocenters. The molecule has 0 atom stereocenters. The van der Waals surface area contributed by atoms with Gasteiger partial charge in [0.2, 0.25) is 0 Å². The molecule has 4 nitrogen and oxygen atoms in total. The molecule has 0 spiro atoms. The topological polar surface area (TPSA) is 51.5 Å². The maximum Gasteiger partial charge on any atom is 0.352 e. The number of halogens is 1. The van der Waals surface area contributed by atoms with Gasteiger partial charge in [-0.1, -0.05) is 11.6 Å². The van der Waals surface area contributed by atoms with Crippen molar-refractivity contribution in [2.45, 2.75) is 0 Å². The largest absolute Gasteiger partial charge is 0.496 e. The predicted molar refractivity (Wildman–Crippen MR) is 69.4 cm³/mol. The second-order valence-corrected chi connectivity index (χ2v) is 4.31. The molecule has 1 aromatic heterocycles. The number of carboxylic acids is 1. The van der Waals surface area contributed by atoms with Crippen LogP contribution in [0.5, 0.6) is 5.75 Å². The number of benzene rings is 1. The second kappa shape index (κ2) is 4.74. The highest BCUT2D eigenvalue weighted by Gasteiger charge is 2.14. The van der Waals surface area contributed by atoms with E-state index in [4.69, 9.17) is 21.4 Å². The van der Waals surface area contributed by atoms with Crippen LogP contribution in [0.25, 0.3) is 11.1 Å². The fraction of sp³-hybridized carbons (Fsp3) is 0.154. The smallest absolute Gasteiger partial charge is 0.352 e. The van der Waals surface area contributed by atoms with Crippen LogP contribution in [0, 0.1) is 0 Å². The van der Waals surface area contributed by atoms with Gasteiger partial charge in [-0.15, -0.1) is 0 Å². The van der Waals surface area contributed by atoms with Crippen LogP contribution in [-0.2, 0) is 7.05 Å². The number of nitrogens with zero attached hydrogens (tertiary/aromatic N) is 1. The van der Waals surface area contributed by atoms with Crippen LogP contribution < -0.4 is 4.74 Å². The number of carboxylic acid groups (broad SMARTS) is 1. The van der Waals surface area contributed by atoms with E-state index >= 15 is 0 Å². The van der Waals surface area contributed by atoms with Crippen molar-refractivity contribution in [3.63, 3.8) is 0 Å². The number of aryl methyl sites for hydroxylation is 1. The third-order valence-electron chi connectivity index (χ3n) is 2.70. The van der Waals surface area contributed by atoms with Crippen LogP contribution in [0.2, 0.25) is 5.02 Å². The van der Waals surface area contributed by atoms with E-state index < -0.39 is 5.97 Å². The summed E-state index contributed by atoms with van der Waals surface area (Å²) in [6.45, 7) is 0. The van der Waals surface area contributed by atoms with Crippen molar-refractivity contribution in [1.29, 1.82) is 0 Å². The summed E-state index contributed by atoms with van der Waals surface area (Å²) in [7, 11) is 3.24. The maximum atomic E-state index is 11.0. The first-order chi connectivity index (χ1) is 8.52. The highest BCUT2D eigenvalue weighted by atomic mass is 35.5. The van der Waals surface area contributed by atoms with Crippen molar-refractivity contribution in [2.75, 3.05) is 7.11 Å². The Balaban J connectivity index is 2.55. The van der Waals surface area contributed by atoms with E-state index in [1.807, 2.05) is 6.07 Å². The Morgan fingerprint density at radius 3 is 2.67 bits per heavy atom. The Labute approximate surface area is 109 Å². The Morgan fingerprint density at radius 1 is 1.39 bits per heavy atom. The third kappa shape index (κ3) is 2.19. The molecule has 0 aliphatic rings. The zero-order valence-electron chi connectivity index (χ0n) is 9.98. The number of ether oxygens (including phenoxy) is 1. The first kappa shape index (κ1) is 12.5. The number of carbonyl (C=O) groups is 1. The van der Waals surface area contributed by atoms with Gasteiger partial charge in [-0.05, 0) is 24.3 Å². The third-order valence-corrected chi connectivity index (χ3v) is 2.93. The first-order valence-electron chi connectivity index (χ1n) is 5.26. The zero-order valence-corrected chi connectivity index (χ0v) is 10.7. The van der Waals surface area contributed by atoms with E-state index in [9.17, 15) is 4.79 Å². The van der Waals surface area contributed by atoms with Crippen molar-refractivity contribution in [1.82, 2.24) is 4.57 Å². The Morgan fingerprint density at radius 2 is 2.11 bits per heavy atom. The highest BCUT2D eigenvalue weighted by molar-refractivity contribution is 6.30. The average Bonchev–Trinajstić information content (AvgIpc) is 2.71. The molecule has 5 heteroatoms. The summed E-state index contributed by atoms with van der Waals surface area (Å²) in [5, 5.41) is 9.60. The van der Waals surface area contributed by atoms with E-state index in [0.29, 0.717) is 10.8 Å². The standard InChI is InChI=1S/C13H12ClNO3/c1-15-7-8(5-11(15)13(16)17)10-4-3-9(14)6-12(10)18-2/h3-7H,1-2H3,(H,16,17). The molecule has 1 aromatic carbocycles. The predicted octanol–water partition coefficient (Wildman–Crippen LogP) is 3.05. The lowest BCUT2D eigenvalue weighted by Crippen LogP contribution is -2.02. The maximum absolute atomic E-state index is 11.0. The normalized spacial score (nSPS) is 10.4. The molecular weight excluding hydrogens is 254 g/mol. The molecule has 0 saturated heterocycles. The quantitative estimate of drug-likeness (QED) is 0.928. The van der Waals surface area contributed by atoms with E-state index in [1.54, 1.807) is 43.1 Å². The minimum absolute atomic E-state index is 0.224. The molecule has 2 aromatic rings. The summed E-state index contributed by atoms with van der Waals surface area (Å²) in [5.74, 6) is -0.346. The number of aromatic carboxylic acids is 1. The van der Waals surface area contributed by atoms with Crippen LogP contribution in [0.4, 0.5) is 0 Å². The van der Waals surface area contributed by atoms with Gasteiger partial charge < -0.3 is 14.4 Å². The van der Waals surface area contributed by atoms with Crippen LogP contribution in [-0.4, -0.2) is 22.8 Å². The molecule has 0 aliphatic heterocycles.